The van der Waals surface area contributed by atoms with Gasteiger partial charge in [-0.15, -0.1) is 0 Å². The highest BCUT2D eigenvalue weighted by Crippen LogP contribution is 2.22. The van der Waals surface area contributed by atoms with Crippen molar-refractivity contribution >= 4 is 23.0 Å². The molecule has 5 N–H and O–H groups in total. The summed E-state index contributed by atoms with van der Waals surface area (Å²) >= 11 is 0. The van der Waals surface area contributed by atoms with Gasteiger partial charge in [-0.1, -0.05) is 0 Å². The number of furan rings is 1. The van der Waals surface area contributed by atoms with Crippen LogP contribution in [0.2, 0.25) is 0 Å². The number of carbonyl (C=O) groups excluding carboxylic acids is 1. The van der Waals surface area contributed by atoms with Crippen LogP contribution in [0.15, 0.2) is 41.2 Å². The Balaban J connectivity index is 1.87. The molecule has 0 aliphatic heterocycles. The highest BCUT2D eigenvalue weighted by atomic mass is 16.3. The van der Waals surface area contributed by atoms with Gasteiger partial charge >= 0.3 is 0 Å². The lowest BCUT2D eigenvalue weighted by Crippen LogP contribution is -2.14. The Morgan fingerprint density at radius 2 is 2.24 bits per heavy atom. The minimum Gasteiger partial charge on any atom is -0.472 e. The van der Waals surface area contributed by atoms with Crippen molar-refractivity contribution in [2.75, 3.05) is 11.1 Å². The standard InChI is InChI=1S/C17H14N6O2/c1-9-14(7-18)22-23-16(9)17(24)21-11-2-3-13(19)12(6-11)15(20)10-4-5-25-8-10/h2-6,8,20H,19H2,1H3,(H,21,24)(H,22,23). The van der Waals surface area contributed by atoms with Gasteiger partial charge in [0.2, 0.25) is 0 Å². The van der Waals surface area contributed by atoms with Crippen LogP contribution in [-0.4, -0.2) is 21.8 Å². The number of aromatic amines is 1. The zero-order valence-corrected chi connectivity index (χ0v) is 13.3. The summed E-state index contributed by atoms with van der Waals surface area (Å²) in [4.78, 5) is 12.4. The van der Waals surface area contributed by atoms with Crippen LogP contribution in [0.3, 0.4) is 0 Å². The summed E-state index contributed by atoms with van der Waals surface area (Å²) in [6.07, 6.45) is 2.92. The SMILES string of the molecule is Cc1c(C(=O)Nc2ccc(N)c(C(=N)c3ccoc3)c2)n[nH]c1C#N. The van der Waals surface area contributed by atoms with Gasteiger partial charge < -0.3 is 15.5 Å². The molecule has 0 unspecified atom stereocenters. The van der Waals surface area contributed by atoms with Crippen LogP contribution in [0, 0.1) is 23.7 Å². The van der Waals surface area contributed by atoms with Gasteiger partial charge in [0.1, 0.15) is 11.8 Å². The number of benzene rings is 1. The Morgan fingerprint density at radius 1 is 1.44 bits per heavy atom. The molecule has 0 atom stereocenters. The van der Waals surface area contributed by atoms with Gasteiger partial charge in [0.05, 0.1) is 18.2 Å². The Bertz CT molecular complexity index is 995. The van der Waals surface area contributed by atoms with Gasteiger partial charge in [-0.3, -0.25) is 15.3 Å². The van der Waals surface area contributed by atoms with Crippen LogP contribution in [0.1, 0.15) is 32.9 Å². The molecule has 2 aromatic heterocycles. The van der Waals surface area contributed by atoms with Crippen LogP contribution in [-0.2, 0) is 0 Å². The van der Waals surface area contributed by atoms with Crippen molar-refractivity contribution < 1.29 is 9.21 Å². The summed E-state index contributed by atoms with van der Waals surface area (Å²) in [6.45, 7) is 1.64. The van der Waals surface area contributed by atoms with Crippen LogP contribution in [0.5, 0.6) is 0 Å². The van der Waals surface area contributed by atoms with E-state index in [1.165, 1.54) is 12.5 Å². The molecule has 25 heavy (non-hydrogen) atoms. The summed E-state index contributed by atoms with van der Waals surface area (Å²) in [5, 5.41) is 26.2. The number of amides is 1. The van der Waals surface area contributed by atoms with E-state index >= 15 is 0 Å². The molecule has 1 amide bonds. The molecule has 8 heteroatoms. The van der Waals surface area contributed by atoms with E-state index in [-0.39, 0.29) is 17.1 Å². The maximum Gasteiger partial charge on any atom is 0.276 e. The first kappa shape index (κ1) is 16.0. The minimum absolute atomic E-state index is 0.139. The molecular formula is C17H14N6O2. The van der Waals surface area contributed by atoms with Crippen LogP contribution < -0.4 is 11.1 Å². The smallest absolute Gasteiger partial charge is 0.276 e. The third kappa shape index (κ3) is 2.98. The molecule has 0 aliphatic rings. The van der Waals surface area contributed by atoms with Gasteiger partial charge in [-0.05, 0) is 31.2 Å². The molecule has 0 saturated carbocycles. The number of nitrogens with one attached hydrogen (secondary N) is 3. The van der Waals surface area contributed by atoms with Crippen molar-refractivity contribution in [3.63, 3.8) is 0 Å². The maximum atomic E-state index is 12.4. The first-order valence-electron chi connectivity index (χ1n) is 7.28. The Morgan fingerprint density at radius 3 is 2.88 bits per heavy atom. The van der Waals surface area contributed by atoms with E-state index in [2.05, 4.69) is 15.5 Å². The van der Waals surface area contributed by atoms with Crippen LogP contribution in [0.4, 0.5) is 11.4 Å². The number of nitriles is 1. The average molecular weight is 334 g/mol. The second-order valence-corrected chi connectivity index (χ2v) is 5.33. The lowest BCUT2D eigenvalue weighted by Gasteiger charge is -2.10. The van der Waals surface area contributed by atoms with Gasteiger partial charge in [0.25, 0.3) is 5.91 Å². The molecule has 2 heterocycles. The van der Waals surface area contributed by atoms with Crippen molar-refractivity contribution in [1.29, 1.82) is 10.7 Å². The monoisotopic (exact) mass is 334 g/mol. The predicted molar refractivity (Wildman–Crippen MR) is 91.5 cm³/mol. The maximum absolute atomic E-state index is 12.4. The van der Waals surface area contributed by atoms with E-state index in [0.29, 0.717) is 28.1 Å². The Kier molecular flexibility index (Phi) is 4.05. The van der Waals surface area contributed by atoms with Crippen molar-refractivity contribution in [3.8, 4) is 6.07 Å². The largest absolute Gasteiger partial charge is 0.472 e. The molecule has 0 radical (unpaired) electrons. The number of H-pyrrole nitrogens is 1. The summed E-state index contributed by atoms with van der Waals surface area (Å²) < 4.78 is 4.99. The zero-order chi connectivity index (χ0) is 18.0. The number of hydrogen-bond acceptors (Lipinski definition) is 6. The fraction of sp³-hybridized carbons (Fsp3) is 0.0588. The Hall–Kier alpha value is -3.86. The number of rotatable bonds is 4. The number of nitrogen functional groups attached to an aromatic ring is 1. The van der Waals surface area contributed by atoms with E-state index in [1.807, 2.05) is 6.07 Å². The van der Waals surface area contributed by atoms with Gasteiger partial charge in [0.15, 0.2) is 5.69 Å². The molecular weight excluding hydrogens is 320 g/mol. The van der Waals surface area contributed by atoms with Gasteiger partial charge in [-0.2, -0.15) is 10.4 Å². The molecule has 0 fully saturated rings. The van der Waals surface area contributed by atoms with E-state index in [1.54, 1.807) is 31.2 Å². The quantitative estimate of drug-likeness (QED) is 0.428. The first-order valence-corrected chi connectivity index (χ1v) is 7.28. The molecule has 0 aliphatic carbocycles. The highest BCUT2D eigenvalue weighted by Gasteiger charge is 2.17. The van der Waals surface area contributed by atoms with Crippen molar-refractivity contribution in [2.24, 2.45) is 0 Å². The number of carbonyl (C=O) groups is 1. The lowest BCUT2D eigenvalue weighted by molar-refractivity contribution is 0.102. The van der Waals surface area contributed by atoms with E-state index in [0.717, 1.165) is 0 Å². The molecule has 8 nitrogen and oxygen atoms in total. The third-order valence-corrected chi connectivity index (χ3v) is 3.73. The van der Waals surface area contributed by atoms with Crippen LogP contribution in [0.25, 0.3) is 0 Å². The topological polar surface area (TPSA) is 145 Å². The number of nitrogens with zero attached hydrogens (tertiary/aromatic N) is 2. The second-order valence-electron chi connectivity index (χ2n) is 5.33. The number of anilines is 2. The van der Waals surface area contributed by atoms with Crippen LogP contribution >= 0.6 is 0 Å². The second kappa shape index (κ2) is 6.33. The summed E-state index contributed by atoms with van der Waals surface area (Å²) in [5.74, 6) is -0.458. The lowest BCUT2D eigenvalue weighted by atomic mass is 10.0. The summed E-state index contributed by atoms with van der Waals surface area (Å²) in [7, 11) is 0. The zero-order valence-electron chi connectivity index (χ0n) is 13.3. The molecule has 0 spiro atoms. The fourth-order valence-electron chi connectivity index (χ4n) is 2.33. The van der Waals surface area contributed by atoms with E-state index in [9.17, 15) is 4.79 Å². The summed E-state index contributed by atoms with van der Waals surface area (Å²) in [5.41, 5.74) is 8.90. The van der Waals surface area contributed by atoms with E-state index < -0.39 is 5.91 Å². The predicted octanol–water partition coefficient (Wildman–Crippen LogP) is 2.43. The molecule has 3 rings (SSSR count). The number of hydrogen-bond donors (Lipinski definition) is 4. The minimum atomic E-state index is -0.458. The molecule has 1 aromatic carbocycles. The molecule has 3 aromatic rings. The molecule has 0 bridgehead atoms. The fourth-order valence-corrected chi connectivity index (χ4v) is 2.33. The van der Waals surface area contributed by atoms with Gasteiger partial charge in [0, 0.05) is 28.1 Å². The average Bonchev–Trinajstić information content (AvgIpc) is 3.25. The van der Waals surface area contributed by atoms with E-state index in [4.69, 9.17) is 20.8 Å². The number of nitrogens with two attached hydrogens (primary N) is 1. The van der Waals surface area contributed by atoms with Crippen molar-refractivity contribution in [2.45, 2.75) is 6.92 Å². The van der Waals surface area contributed by atoms with Crippen molar-refractivity contribution in [1.82, 2.24) is 10.2 Å². The highest BCUT2D eigenvalue weighted by molar-refractivity contribution is 6.14. The van der Waals surface area contributed by atoms with Gasteiger partial charge in [-0.25, -0.2) is 0 Å². The first-order chi connectivity index (χ1) is 12.0. The number of aromatic nitrogens is 2. The summed E-state index contributed by atoms with van der Waals surface area (Å²) in [6, 6.07) is 8.43. The van der Waals surface area contributed by atoms with Crippen molar-refractivity contribution in [3.05, 3.63) is 64.9 Å². The normalized spacial score (nSPS) is 10.2. The Labute approximate surface area is 142 Å². The third-order valence-electron chi connectivity index (χ3n) is 3.73. The molecule has 124 valence electrons. The molecule has 0 saturated heterocycles.